The van der Waals surface area contributed by atoms with E-state index >= 15 is 0 Å². The van der Waals surface area contributed by atoms with Gasteiger partial charge in [-0.25, -0.2) is 13.1 Å². The molecule has 0 fully saturated rings. The van der Waals surface area contributed by atoms with Crippen LogP contribution in [-0.2, 0) is 16.4 Å². The molecule has 0 aliphatic rings. The Morgan fingerprint density at radius 2 is 1.96 bits per heavy atom. The van der Waals surface area contributed by atoms with Gasteiger partial charge in [-0.15, -0.1) is 0 Å². The van der Waals surface area contributed by atoms with Gasteiger partial charge >= 0.3 is 0 Å². The molecule has 0 aliphatic heterocycles. The standard InChI is InChI=1S/C20H26N2O5S/c1-3-12-27-19-10-9-17(14-18(19)20(21)23)28(24,25)22-11-5-7-15-6-4-8-16(13-15)26-2/h4,6,8-10,13-14,22H,3,5,7,11-12H2,1-2H3,(H2,21,23). The van der Waals surface area contributed by atoms with Crippen LogP contribution in [0.15, 0.2) is 47.4 Å². The average molecular weight is 407 g/mol. The van der Waals surface area contributed by atoms with Gasteiger partial charge in [0.15, 0.2) is 0 Å². The van der Waals surface area contributed by atoms with Crippen molar-refractivity contribution in [1.29, 1.82) is 0 Å². The quantitative estimate of drug-likeness (QED) is 0.558. The van der Waals surface area contributed by atoms with Gasteiger partial charge in [0.2, 0.25) is 10.0 Å². The van der Waals surface area contributed by atoms with Gasteiger partial charge < -0.3 is 15.2 Å². The van der Waals surface area contributed by atoms with Crippen molar-refractivity contribution in [1.82, 2.24) is 4.72 Å². The van der Waals surface area contributed by atoms with Crippen LogP contribution in [0.4, 0.5) is 0 Å². The SMILES string of the molecule is CCCOc1ccc(S(=O)(=O)NCCCc2cccc(OC)c2)cc1C(N)=O. The molecule has 28 heavy (non-hydrogen) atoms. The zero-order valence-corrected chi connectivity index (χ0v) is 16.9. The zero-order valence-electron chi connectivity index (χ0n) is 16.1. The number of primary amides is 1. The largest absolute Gasteiger partial charge is 0.497 e. The lowest BCUT2D eigenvalue weighted by Gasteiger charge is -2.12. The van der Waals surface area contributed by atoms with Gasteiger partial charge in [-0.05, 0) is 55.2 Å². The Balaban J connectivity index is 2.01. The first kappa shape index (κ1) is 21.7. The minimum absolute atomic E-state index is 0.0217. The number of benzene rings is 2. The van der Waals surface area contributed by atoms with Gasteiger partial charge in [-0.1, -0.05) is 19.1 Å². The molecule has 0 spiro atoms. The highest BCUT2D eigenvalue weighted by Crippen LogP contribution is 2.23. The first-order valence-electron chi connectivity index (χ1n) is 9.06. The number of rotatable bonds is 11. The Bertz CT molecular complexity index is 913. The molecule has 0 heterocycles. The summed E-state index contributed by atoms with van der Waals surface area (Å²) in [6.45, 7) is 2.60. The molecule has 2 aromatic rings. The molecule has 0 radical (unpaired) electrons. The molecular formula is C20H26N2O5S. The highest BCUT2D eigenvalue weighted by molar-refractivity contribution is 7.89. The van der Waals surface area contributed by atoms with Crippen molar-refractivity contribution in [3.05, 3.63) is 53.6 Å². The summed E-state index contributed by atoms with van der Waals surface area (Å²) in [5.74, 6) is 0.315. The summed E-state index contributed by atoms with van der Waals surface area (Å²) in [5, 5.41) is 0. The van der Waals surface area contributed by atoms with E-state index in [4.69, 9.17) is 15.2 Å². The van der Waals surface area contributed by atoms with E-state index in [0.29, 0.717) is 19.4 Å². The average Bonchev–Trinajstić information content (AvgIpc) is 2.69. The van der Waals surface area contributed by atoms with E-state index in [0.717, 1.165) is 17.7 Å². The molecular weight excluding hydrogens is 380 g/mol. The first-order chi connectivity index (χ1) is 13.4. The molecule has 2 rings (SSSR count). The summed E-state index contributed by atoms with van der Waals surface area (Å²) in [4.78, 5) is 11.6. The van der Waals surface area contributed by atoms with Crippen molar-refractivity contribution in [3.63, 3.8) is 0 Å². The summed E-state index contributed by atoms with van der Waals surface area (Å²) in [6, 6.07) is 11.7. The Morgan fingerprint density at radius 3 is 2.64 bits per heavy atom. The molecule has 152 valence electrons. The minimum atomic E-state index is -3.76. The molecule has 2 aromatic carbocycles. The number of hydrogen-bond acceptors (Lipinski definition) is 5. The number of nitrogens with one attached hydrogen (secondary N) is 1. The third-order valence-corrected chi connectivity index (χ3v) is 5.52. The molecule has 0 unspecified atom stereocenters. The van der Waals surface area contributed by atoms with Gasteiger partial charge in [0.05, 0.1) is 24.2 Å². The Hall–Kier alpha value is -2.58. The maximum atomic E-state index is 12.5. The Morgan fingerprint density at radius 1 is 1.18 bits per heavy atom. The lowest BCUT2D eigenvalue weighted by molar-refractivity contribution is 0.0996. The van der Waals surface area contributed by atoms with Gasteiger partial charge in [0.1, 0.15) is 11.5 Å². The summed E-state index contributed by atoms with van der Waals surface area (Å²) < 4.78 is 38.2. The van der Waals surface area contributed by atoms with Crippen LogP contribution in [0.5, 0.6) is 11.5 Å². The van der Waals surface area contributed by atoms with Crippen molar-refractivity contribution < 1.29 is 22.7 Å². The van der Waals surface area contributed by atoms with Gasteiger partial charge in [-0.2, -0.15) is 0 Å². The molecule has 0 saturated heterocycles. The van der Waals surface area contributed by atoms with Crippen LogP contribution in [-0.4, -0.2) is 34.6 Å². The predicted molar refractivity (Wildman–Crippen MR) is 107 cm³/mol. The van der Waals surface area contributed by atoms with Crippen LogP contribution in [0.3, 0.4) is 0 Å². The third-order valence-electron chi connectivity index (χ3n) is 4.06. The highest BCUT2D eigenvalue weighted by Gasteiger charge is 2.18. The first-order valence-corrected chi connectivity index (χ1v) is 10.5. The second kappa shape index (κ2) is 10.1. The third kappa shape index (κ3) is 5.97. The molecule has 0 bridgehead atoms. The van der Waals surface area contributed by atoms with Crippen LogP contribution < -0.4 is 19.9 Å². The fourth-order valence-corrected chi connectivity index (χ4v) is 3.72. The maximum absolute atomic E-state index is 12.5. The molecule has 0 atom stereocenters. The number of hydrogen-bond donors (Lipinski definition) is 2. The van der Waals surface area contributed by atoms with Crippen LogP contribution in [0.1, 0.15) is 35.7 Å². The lowest BCUT2D eigenvalue weighted by Crippen LogP contribution is -2.25. The number of amides is 1. The number of methoxy groups -OCH3 is 1. The van der Waals surface area contributed by atoms with E-state index in [9.17, 15) is 13.2 Å². The van der Waals surface area contributed by atoms with E-state index in [1.807, 2.05) is 31.2 Å². The normalized spacial score (nSPS) is 11.2. The lowest BCUT2D eigenvalue weighted by atomic mass is 10.1. The summed E-state index contributed by atoms with van der Waals surface area (Å²) >= 11 is 0. The van der Waals surface area contributed by atoms with Crippen LogP contribution in [0.25, 0.3) is 0 Å². The molecule has 0 aromatic heterocycles. The monoisotopic (exact) mass is 406 g/mol. The van der Waals surface area contributed by atoms with Crippen molar-refractivity contribution in [2.75, 3.05) is 20.3 Å². The second-order valence-electron chi connectivity index (χ2n) is 6.22. The van der Waals surface area contributed by atoms with Gasteiger partial charge in [-0.3, -0.25) is 4.79 Å². The van der Waals surface area contributed by atoms with E-state index in [-0.39, 0.29) is 22.8 Å². The second-order valence-corrected chi connectivity index (χ2v) is 7.99. The van der Waals surface area contributed by atoms with E-state index < -0.39 is 15.9 Å². The van der Waals surface area contributed by atoms with Crippen LogP contribution >= 0.6 is 0 Å². The Labute approximate surface area is 165 Å². The summed E-state index contributed by atoms with van der Waals surface area (Å²) in [5.41, 5.74) is 6.47. The number of aryl methyl sites for hydroxylation is 1. The highest BCUT2D eigenvalue weighted by atomic mass is 32.2. The number of sulfonamides is 1. The van der Waals surface area contributed by atoms with Gasteiger partial charge in [0, 0.05) is 6.54 Å². The predicted octanol–water partition coefficient (Wildman–Crippen LogP) is 2.49. The van der Waals surface area contributed by atoms with Crippen molar-refractivity contribution in [3.8, 4) is 11.5 Å². The Kier molecular flexibility index (Phi) is 7.83. The zero-order chi connectivity index (χ0) is 20.6. The van der Waals surface area contributed by atoms with Crippen LogP contribution in [0, 0.1) is 0 Å². The molecule has 0 aliphatic carbocycles. The fourth-order valence-electron chi connectivity index (χ4n) is 2.62. The smallest absolute Gasteiger partial charge is 0.252 e. The molecule has 1 amide bonds. The van der Waals surface area contributed by atoms with Crippen LogP contribution in [0.2, 0.25) is 0 Å². The minimum Gasteiger partial charge on any atom is -0.497 e. The topological polar surface area (TPSA) is 108 Å². The number of ether oxygens (including phenoxy) is 2. The molecule has 8 heteroatoms. The molecule has 0 saturated carbocycles. The summed E-state index contributed by atoms with van der Waals surface area (Å²) in [6.07, 6.45) is 2.08. The number of carbonyl (C=O) groups is 1. The van der Waals surface area contributed by atoms with Crippen molar-refractivity contribution >= 4 is 15.9 Å². The van der Waals surface area contributed by atoms with Crippen molar-refractivity contribution in [2.45, 2.75) is 31.1 Å². The van der Waals surface area contributed by atoms with Gasteiger partial charge in [0.25, 0.3) is 5.91 Å². The van der Waals surface area contributed by atoms with Crippen molar-refractivity contribution in [2.24, 2.45) is 5.73 Å². The maximum Gasteiger partial charge on any atom is 0.252 e. The molecule has 7 nitrogen and oxygen atoms in total. The molecule has 3 N–H and O–H groups in total. The summed E-state index contributed by atoms with van der Waals surface area (Å²) in [7, 11) is -2.16. The van der Waals surface area contributed by atoms with E-state index in [2.05, 4.69) is 4.72 Å². The number of nitrogens with two attached hydrogens (primary N) is 1. The number of carbonyl (C=O) groups excluding carboxylic acids is 1. The van der Waals surface area contributed by atoms with E-state index in [1.165, 1.54) is 18.2 Å². The van der Waals surface area contributed by atoms with E-state index in [1.54, 1.807) is 7.11 Å². The fraction of sp³-hybridized carbons (Fsp3) is 0.350.